The van der Waals surface area contributed by atoms with Crippen LogP contribution in [0.5, 0.6) is 0 Å². The molecule has 1 aliphatic rings. The van der Waals surface area contributed by atoms with Gasteiger partial charge in [0.25, 0.3) is 0 Å². The lowest BCUT2D eigenvalue weighted by molar-refractivity contribution is 0.439. The highest BCUT2D eigenvalue weighted by Crippen LogP contribution is 2.17. The lowest BCUT2D eigenvalue weighted by Crippen LogP contribution is -2.24. The van der Waals surface area contributed by atoms with E-state index in [9.17, 15) is 0 Å². The molecule has 1 aliphatic heterocycles. The molecular weight excluding hydrogens is 200 g/mol. The van der Waals surface area contributed by atoms with Gasteiger partial charge < -0.3 is 9.73 Å². The predicted molar refractivity (Wildman–Crippen MR) is 64.5 cm³/mol. The van der Waals surface area contributed by atoms with Crippen LogP contribution in [0.1, 0.15) is 44.0 Å². The van der Waals surface area contributed by atoms with Crippen molar-refractivity contribution < 1.29 is 4.42 Å². The Hall–Kier alpha value is -0.830. The second-order valence-corrected chi connectivity index (χ2v) is 5.21. The minimum atomic E-state index is 0.607. The molecule has 1 aromatic rings. The molecule has 3 nitrogen and oxygen atoms in total. The quantitative estimate of drug-likeness (QED) is 0.850. The third-order valence-electron chi connectivity index (χ3n) is 3.12. The summed E-state index contributed by atoms with van der Waals surface area (Å²) >= 11 is 0. The van der Waals surface area contributed by atoms with Gasteiger partial charge in [-0.1, -0.05) is 13.8 Å². The van der Waals surface area contributed by atoms with Crippen LogP contribution < -0.4 is 5.32 Å². The molecule has 0 spiro atoms. The number of rotatable bonds is 4. The van der Waals surface area contributed by atoms with Crippen molar-refractivity contribution in [2.24, 2.45) is 5.92 Å². The van der Waals surface area contributed by atoms with E-state index in [1.807, 2.05) is 6.92 Å². The average molecular weight is 222 g/mol. The van der Waals surface area contributed by atoms with Crippen molar-refractivity contribution in [3.63, 3.8) is 0 Å². The van der Waals surface area contributed by atoms with E-state index in [1.165, 1.54) is 12.8 Å². The zero-order valence-electron chi connectivity index (χ0n) is 10.5. The van der Waals surface area contributed by atoms with E-state index >= 15 is 0 Å². The number of hydrogen-bond donors (Lipinski definition) is 1. The Morgan fingerprint density at radius 1 is 1.50 bits per heavy atom. The van der Waals surface area contributed by atoms with Crippen LogP contribution in [0.25, 0.3) is 0 Å². The molecule has 90 valence electrons. The smallest absolute Gasteiger partial charge is 0.194 e. The maximum atomic E-state index is 5.70. The second-order valence-electron chi connectivity index (χ2n) is 5.21. The molecule has 16 heavy (non-hydrogen) atoms. The van der Waals surface area contributed by atoms with Crippen LogP contribution >= 0.6 is 0 Å². The molecule has 0 radical (unpaired) electrons. The zero-order valence-corrected chi connectivity index (χ0v) is 10.5. The second kappa shape index (κ2) is 5.00. The van der Waals surface area contributed by atoms with E-state index < -0.39 is 0 Å². The van der Waals surface area contributed by atoms with Crippen molar-refractivity contribution in [2.45, 2.75) is 52.5 Å². The maximum absolute atomic E-state index is 5.70. The summed E-state index contributed by atoms with van der Waals surface area (Å²) in [7, 11) is 0. The minimum absolute atomic E-state index is 0.607. The van der Waals surface area contributed by atoms with Gasteiger partial charge in [-0.3, -0.25) is 0 Å². The van der Waals surface area contributed by atoms with Gasteiger partial charge >= 0.3 is 0 Å². The lowest BCUT2D eigenvalue weighted by atomic mass is 10.1. The summed E-state index contributed by atoms with van der Waals surface area (Å²) in [6.45, 7) is 7.57. The zero-order chi connectivity index (χ0) is 11.5. The van der Waals surface area contributed by atoms with Crippen molar-refractivity contribution in [3.05, 3.63) is 17.3 Å². The number of aryl methyl sites for hydroxylation is 1. The molecule has 0 saturated carbocycles. The topological polar surface area (TPSA) is 38.1 Å². The molecule has 1 N–H and O–H groups in total. The molecule has 1 fully saturated rings. The average Bonchev–Trinajstić information content (AvgIpc) is 2.77. The summed E-state index contributed by atoms with van der Waals surface area (Å²) in [4.78, 5) is 4.61. The Labute approximate surface area is 97.6 Å². The molecule has 0 aromatic carbocycles. The number of hydrogen-bond acceptors (Lipinski definition) is 3. The van der Waals surface area contributed by atoms with Crippen LogP contribution in [0.15, 0.2) is 4.42 Å². The molecule has 1 atom stereocenters. The third kappa shape index (κ3) is 2.85. The van der Waals surface area contributed by atoms with Crippen LogP contribution in [0.4, 0.5) is 0 Å². The molecule has 3 heteroatoms. The Bertz CT molecular complexity index is 338. The molecular formula is C13H22N2O. The number of aromatic nitrogens is 1. The van der Waals surface area contributed by atoms with Crippen molar-refractivity contribution in [3.8, 4) is 0 Å². The molecule has 0 aliphatic carbocycles. The predicted octanol–water partition coefficient (Wildman–Crippen LogP) is 2.48. The van der Waals surface area contributed by atoms with Gasteiger partial charge in [-0.2, -0.15) is 0 Å². The summed E-state index contributed by atoms with van der Waals surface area (Å²) in [5.41, 5.74) is 1.15. The van der Waals surface area contributed by atoms with Gasteiger partial charge in [0.05, 0.1) is 5.69 Å². The Morgan fingerprint density at radius 2 is 2.31 bits per heavy atom. The van der Waals surface area contributed by atoms with E-state index in [1.54, 1.807) is 0 Å². The van der Waals surface area contributed by atoms with Gasteiger partial charge in [0, 0.05) is 18.9 Å². The van der Waals surface area contributed by atoms with Crippen molar-refractivity contribution in [1.82, 2.24) is 10.3 Å². The van der Waals surface area contributed by atoms with Gasteiger partial charge in [0.15, 0.2) is 5.89 Å². The number of oxazole rings is 1. The Balaban J connectivity index is 2.00. The molecule has 1 unspecified atom stereocenters. The first-order chi connectivity index (χ1) is 7.65. The highest BCUT2D eigenvalue weighted by atomic mass is 16.4. The number of nitrogens with zero attached hydrogens (tertiary/aromatic N) is 1. The van der Waals surface area contributed by atoms with Gasteiger partial charge in [-0.05, 0) is 32.2 Å². The summed E-state index contributed by atoms with van der Waals surface area (Å²) < 4.78 is 5.70. The highest BCUT2D eigenvalue weighted by molar-refractivity contribution is 5.10. The third-order valence-corrected chi connectivity index (χ3v) is 3.12. The summed E-state index contributed by atoms with van der Waals surface area (Å²) in [6, 6.07) is 0.607. The van der Waals surface area contributed by atoms with E-state index in [-0.39, 0.29) is 0 Å². The van der Waals surface area contributed by atoms with Crippen LogP contribution in [-0.2, 0) is 12.8 Å². The van der Waals surface area contributed by atoms with Gasteiger partial charge in [-0.15, -0.1) is 0 Å². The molecule has 2 rings (SSSR count). The van der Waals surface area contributed by atoms with E-state index in [0.29, 0.717) is 12.0 Å². The molecule has 0 bridgehead atoms. The van der Waals surface area contributed by atoms with Crippen LogP contribution in [0.3, 0.4) is 0 Å². The lowest BCUT2D eigenvalue weighted by Gasteiger charge is -2.07. The van der Waals surface area contributed by atoms with E-state index in [0.717, 1.165) is 36.7 Å². The largest absolute Gasteiger partial charge is 0.446 e. The summed E-state index contributed by atoms with van der Waals surface area (Å²) in [6.07, 6.45) is 4.53. The van der Waals surface area contributed by atoms with Crippen molar-refractivity contribution in [2.75, 3.05) is 6.54 Å². The number of nitrogens with one attached hydrogen (secondary N) is 1. The van der Waals surface area contributed by atoms with Crippen LogP contribution in [0.2, 0.25) is 0 Å². The molecule has 1 saturated heterocycles. The van der Waals surface area contributed by atoms with Gasteiger partial charge in [-0.25, -0.2) is 4.98 Å². The van der Waals surface area contributed by atoms with Crippen LogP contribution in [0, 0.1) is 12.8 Å². The SMILES string of the molecule is Cc1oc(CC(C)C)nc1CC1CCCN1. The normalized spacial score (nSPS) is 20.9. The Kier molecular flexibility index (Phi) is 3.64. The fraction of sp³-hybridized carbons (Fsp3) is 0.769. The Morgan fingerprint density at radius 3 is 2.94 bits per heavy atom. The minimum Gasteiger partial charge on any atom is -0.446 e. The monoisotopic (exact) mass is 222 g/mol. The van der Waals surface area contributed by atoms with Crippen LogP contribution in [-0.4, -0.2) is 17.6 Å². The molecule has 2 heterocycles. The molecule has 1 aromatic heterocycles. The highest BCUT2D eigenvalue weighted by Gasteiger charge is 2.18. The first-order valence-corrected chi connectivity index (χ1v) is 6.33. The van der Waals surface area contributed by atoms with Crippen molar-refractivity contribution in [1.29, 1.82) is 0 Å². The summed E-state index contributed by atoms with van der Waals surface area (Å²) in [5, 5.41) is 3.50. The molecule has 0 amide bonds. The summed E-state index contributed by atoms with van der Waals surface area (Å²) in [5.74, 6) is 2.51. The fourth-order valence-electron chi connectivity index (χ4n) is 2.28. The van der Waals surface area contributed by atoms with E-state index in [2.05, 4.69) is 24.1 Å². The first-order valence-electron chi connectivity index (χ1n) is 6.33. The first kappa shape index (κ1) is 11.6. The van der Waals surface area contributed by atoms with E-state index in [4.69, 9.17) is 4.42 Å². The standard InChI is InChI=1S/C13H22N2O/c1-9(2)7-13-15-12(10(3)16-13)8-11-5-4-6-14-11/h9,11,14H,4-8H2,1-3H3. The maximum Gasteiger partial charge on any atom is 0.194 e. The van der Waals surface area contributed by atoms with Gasteiger partial charge in [0.1, 0.15) is 5.76 Å². The van der Waals surface area contributed by atoms with Gasteiger partial charge in [0.2, 0.25) is 0 Å². The fourth-order valence-corrected chi connectivity index (χ4v) is 2.28. The van der Waals surface area contributed by atoms with Crippen molar-refractivity contribution >= 4 is 0 Å².